The third kappa shape index (κ3) is 4.24. The zero-order chi connectivity index (χ0) is 8.43. The minimum Gasteiger partial charge on any atom is -0.477 e. The largest absolute Gasteiger partial charge is 0.477 e. The smallest absolute Gasteiger partial charge is 0.345 e. The summed E-state index contributed by atoms with van der Waals surface area (Å²) in [5, 5.41) is 16.8. The van der Waals surface area contributed by atoms with Gasteiger partial charge in [-0.1, -0.05) is 0 Å². The van der Waals surface area contributed by atoms with Gasteiger partial charge in [-0.15, -0.1) is 11.3 Å². The Morgan fingerprint density at radius 3 is 1.46 bits per heavy atom. The van der Waals surface area contributed by atoms with E-state index in [9.17, 15) is 9.59 Å². The molecule has 2 radical (unpaired) electrons. The monoisotopic (exact) mass is 386 g/mol. The first-order valence-corrected chi connectivity index (χ1v) is 3.49. The predicted octanol–water partition coefficient (Wildman–Crippen LogP) is 1.14. The van der Waals surface area contributed by atoms with Crippen LogP contribution in [-0.2, 0) is 44.8 Å². The summed E-state index contributed by atoms with van der Waals surface area (Å²) in [4.78, 5) is 20.6. The van der Waals surface area contributed by atoms with Gasteiger partial charge in [0, 0.05) is 44.8 Å². The molecule has 4 nitrogen and oxygen atoms in total. The molecule has 0 unspecified atom stereocenters. The van der Waals surface area contributed by atoms with Crippen molar-refractivity contribution in [3.05, 3.63) is 21.9 Å². The van der Waals surface area contributed by atoms with Gasteiger partial charge in [-0.2, -0.15) is 0 Å². The molecule has 0 saturated heterocycles. The molecule has 13 heavy (non-hydrogen) atoms. The van der Waals surface area contributed by atoms with E-state index in [4.69, 9.17) is 10.2 Å². The Morgan fingerprint density at radius 2 is 1.31 bits per heavy atom. The molecule has 1 rings (SSSR count). The van der Waals surface area contributed by atoms with Crippen LogP contribution in [0.5, 0.6) is 0 Å². The third-order valence-corrected chi connectivity index (χ3v) is 2.09. The van der Waals surface area contributed by atoms with Crippen LogP contribution in [-0.4, -0.2) is 22.2 Å². The van der Waals surface area contributed by atoms with Gasteiger partial charge in [0.2, 0.25) is 0 Å². The average molecular weight is 388 g/mol. The van der Waals surface area contributed by atoms with Crippen molar-refractivity contribution in [3.63, 3.8) is 0 Å². The van der Waals surface area contributed by atoms with Crippen molar-refractivity contribution in [1.82, 2.24) is 0 Å². The predicted molar refractivity (Wildman–Crippen MR) is 38.2 cm³/mol. The number of carboxylic acids is 2. The quantitative estimate of drug-likeness (QED) is 0.746. The number of hydrogen-bond donors (Lipinski definition) is 2. The summed E-state index contributed by atoms with van der Waals surface area (Å²) < 4.78 is 0. The number of carbonyl (C=O) groups is 2. The van der Waals surface area contributed by atoms with Gasteiger partial charge in [-0.05, 0) is 12.1 Å². The van der Waals surface area contributed by atoms with Crippen LogP contribution in [0.3, 0.4) is 0 Å². The average Bonchev–Trinajstić information content (AvgIpc) is 2.33. The van der Waals surface area contributed by atoms with Gasteiger partial charge >= 0.3 is 11.9 Å². The molecule has 0 aliphatic heterocycles. The fourth-order valence-electron chi connectivity index (χ4n) is 0.568. The molecule has 0 aliphatic carbocycles. The van der Waals surface area contributed by atoms with Crippen LogP contribution in [0.2, 0.25) is 0 Å². The van der Waals surface area contributed by atoms with Crippen LogP contribution in [0.4, 0.5) is 0 Å². The maximum Gasteiger partial charge on any atom is 0.345 e. The number of aromatic carboxylic acids is 2. The molecule has 0 aliphatic rings. The topological polar surface area (TPSA) is 74.6 Å². The molecule has 1 aromatic heterocycles. The molecular weight excluding hydrogens is 384 g/mol. The summed E-state index contributed by atoms with van der Waals surface area (Å²) >= 11 is 0.750. The molecule has 80 valence electrons. The SMILES string of the molecule is O=C(O)c1ccc(C(=O)O)s1.[Ag].[Ag]. The minimum absolute atomic E-state index is 0. The molecule has 0 atom stereocenters. The molecule has 1 aromatic rings. The van der Waals surface area contributed by atoms with Gasteiger partial charge in [0.05, 0.1) is 0 Å². The van der Waals surface area contributed by atoms with Crippen LogP contribution < -0.4 is 0 Å². The van der Waals surface area contributed by atoms with Crippen molar-refractivity contribution in [3.8, 4) is 0 Å². The van der Waals surface area contributed by atoms with Crippen LogP contribution >= 0.6 is 11.3 Å². The molecule has 1 heterocycles. The maximum atomic E-state index is 10.3. The summed E-state index contributed by atoms with van der Waals surface area (Å²) in [6.45, 7) is 0. The van der Waals surface area contributed by atoms with E-state index < -0.39 is 11.9 Å². The Bertz CT molecular complexity index is 281. The second kappa shape index (κ2) is 6.56. The van der Waals surface area contributed by atoms with E-state index in [1.165, 1.54) is 12.1 Å². The van der Waals surface area contributed by atoms with Gasteiger partial charge < -0.3 is 10.2 Å². The van der Waals surface area contributed by atoms with E-state index in [1.54, 1.807) is 0 Å². The summed E-state index contributed by atoms with van der Waals surface area (Å²) in [6.07, 6.45) is 0. The second-order valence-corrected chi connectivity index (χ2v) is 2.86. The van der Waals surface area contributed by atoms with Gasteiger partial charge in [0.1, 0.15) is 9.75 Å². The molecule has 0 amide bonds. The first-order chi connectivity index (χ1) is 5.11. The maximum absolute atomic E-state index is 10.3. The molecule has 0 bridgehead atoms. The zero-order valence-corrected chi connectivity index (χ0v) is 9.66. The van der Waals surface area contributed by atoms with E-state index in [0.717, 1.165) is 11.3 Å². The Labute approximate surface area is 109 Å². The van der Waals surface area contributed by atoms with Gasteiger partial charge in [-0.25, -0.2) is 9.59 Å². The van der Waals surface area contributed by atoms with Crippen molar-refractivity contribution in [1.29, 1.82) is 0 Å². The second-order valence-electron chi connectivity index (χ2n) is 1.77. The molecule has 2 N–H and O–H groups in total. The summed E-state index contributed by atoms with van der Waals surface area (Å²) in [7, 11) is 0. The van der Waals surface area contributed by atoms with E-state index >= 15 is 0 Å². The number of thiophene rings is 1. The van der Waals surface area contributed by atoms with Crippen LogP contribution in [0.1, 0.15) is 19.3 Å². The van der Waals surface area contributed by atoms with Crippen molar-refractivity contribution in [2.24, 2.45) is 0 Å². The van der Waals surface area contributed by atoms with E-state index in [2.05, 4.69) is 0 Å². The minimum atomic E-state index is -1.09. The number of hydrogen-bond acceptors (Lipinski definition) is 3. The summed E-state index contributed by atoms with van der Waals surface area (Å²) in [5.74, 6) is -2.19. The zero-order valence-electron chi connectivity index (χ0n) is 5.88. The fraction of sp³-hybridized carbons (Fsp3) is 0. The van der Waals surface area contributed by atoms with Gasteiger partial charge in [-0.3, -0.25) is 0 Å². The van der Waals surface area contributed by atoms with Crippen LogP contribution in [0.15, 0.2) is 12.1 Å². The molecule has 0 aromatic carbocycles. The Kier molecular flexibility index (Phi) is 7.86. The van der Waals surface area contributed by atoms with Crippen molar-refractivity contribution in [2.45, 2.75) is 0 Å². The first-order valence-electron chi connectivity index (χ1n) is 2.67. The molecule has 7 heteroatoms. The van der Waals surface area contributed by atoms with E-state index in [1.807, 2.05) is 0 Å². The number of rotatable bonds is 2. The van der Waals surface area contributed by atoms with Crippen molar-refractivity contribution < 1.29 is 64.6 Å². The first kappa shape index (κ1) is 15.6. The van der Waals surface area contributed by atoms with E-state index in [0.29, 0.717) is 0 Å². The van der Waals surface area contributed by atoms with Gasteiger partial charge in [0.25, 0.3) is 0 Å². The van der Waals surface area contributed by atoms with E-state index in [-0.39, 0.29) is 54.5 Å². The fourth-order valence-corrected chi connectivity index (χ4v) is 1.25. The standard InChI is InChI=1S/C6H4O4S.2Ag/c7-5(8)3-1-2-4(11-3)6(9)10;;/h1-2H,(H,7,8)(H,9,10);;. The van der Waals surface area contributed by atoms with Crippen LogP contribution in [0, 0.1) is 0 Å². The van der Waals surface area contributed by atoms with Crippen molar-refractivity contribution in [2.75, 3.05) is 0 Å². The Balaban J connectivity index is 0. The number of carboxylic acid groups (broad SMARTS) is 2. The van der Waals surface area contributed by atoms with Gasteiger partial charge in [0.15, 0.2) is 0 Å². The Hall–Kier alpha value is 0.121. The molecule has 0 fully saturated rings. The Morgan fingerprint density at radius 1 is 1.00 bits per heavy atom. The molecule has 0 spiro atoms. The third-order valence-electron chi connectivity index (χ3n) is 1.03. The summed E-state index contributed by atoms with van der Waals surface area (Å²) in [5.41, 5.74) is 0. The normalized spacial score (nSPS) is 8.00. The van der Waals surface area contributed by atoms with Crippen molar-refractivity contribution >= 4 is 23.3 Å². The summed E-state index contributed by atoms with van der Waals surface area (Å²) in [6, 6.07) is 2.55. The van der Waals surface area contributed by atoms with Crippen LogP contribution in [0.25, 0.3) is 0 Å². The molecule has 0 saturated carbocycles. The molecular formula is C6H4Ag2O4S.